The minimum absolute atomic E-state index is 0.128. The molecule has 0 aliphatic carbocycles. The van der Waals surface area contributed by atoms with Crippen molar-refractivity contribution < 1.29 is 14.6 Å². The Bertz CT molecular complexity index is 380. The fourth-order valence-corrected chi connectivity index (χ4v) is 1.32. The summed E-state index contributed by atoms with van der Waals surface area (Å²) in [7, 11) is 0. The van der Waals surface area contributed by atoms with E-state index in [-0.39, 0.29) is 12.6 Å². The molecule has 1 aromatic carbocycles. The van der Waals surface area contributed by atoms with Gasteiger partial charge in [-0.25, -0.2) is 4.79 Å². The lowest BCUT2D eigenvalue weighted by Crippen LogP contribution is -1.92. The van der Waals surface area contributed by atoms with E-state index in [0.717, 1.165) is 5.56 Å². The Kier molecular flexibility index (Phi) is 1.87. The Morgan fingerprint density at radius 2 is 2.00 bits per heavy atom. The van der Waals surface area contributed by atoms with Crippen LogP contribution in [0.5, 0.6) is 0 Å². The maximum absolute atomic E-state index is 11.2. The number of aliphatic hydroxyl groups is 1. The largest absolute Gasteiger partial charge is 0.423 e. The van der Waals surface area contributed by atoms with Crippen molar-refractivity contribution in [2.24, 2.45) is 0 Å². The molecular formula is C10H8O3. The van der Waals surface area contributed by atoms with E-state index in [0.29, 0.717) is 11.3 Å². The van der Waals surface area contributed by atoms with Crippen molar-refractivity contribution >= 4 is 11.7 Å². The lowest BCUT2D eigenvalue weighted by Gasteiger charge is -1.94. The van der Waals surface area contributed by atoms with E-state index < -0.39 is 0 Å². The van der Waals surface area contributed by atoms with Gasteiger partial charge in [-0.3, -0.25) is 0 Å². The van der Waals surface area contributed by atoms with Gasteiger partial charge in [0.1, 0.15) is 5.76 Å². The summed E-state index contributed by atoms with van der Waals surface area (Å²) in [4.78, 5) is 11.2. The first-order valence-corrected chi connectivity index (χ1v) is 3.95. The lowest BCUT2D eigenvalue weighted by molar-refractivity contribution is 0.0715. The van der Waals surface area contributed by atoms with Gasteiger partial charge in [0, 0.05) is 5.56 Å². The summed E-state index contributed by atoms with van der Waals surface area (Å²) in [6.07, 6.45) is 1.48. The van der Waals surface area contributed by atoms with Gasteiger partial charge in [0.2, 0.25) is 0 Å². The number of ether oxygens (including phenoxy) is 1. The third kappa shape index (κ3) is 1.23. The van der Waals surface area contributed by atoms with Crippen molar-refractivity contribution in [1.82, 2.24) is 0 Å². The Hall–Kier alpha value is -1.61. The Balaban J connectivity index is 2.53. The number of hydrogen-bond donors (Lipinski definition) is 1. The van der Waals surface area contributed by atoms with Crippen molar-refractivity contribution in [1.29, 1.82) is 0 Å². The minimum Gasteiger partial charge on any atom is -0.423 e. The van der Waals surface area contributed by atoms with Crippen LogP contribution in [0.3, 0.4) is 0 Å². The minimum atomic E-state index is -0.352. The average Bonchev–Trinajstić information content (AvgIpc) is 2.46. The Morgan fingerprint density at radius 3 is 2.69 bits per heavy atom. The van der Waals surface area contributed by atoms with E-state index in [1.807, 2.05) is 6.07 Å². The zero-order valence-electron chi connectivity index (χ0n) is 6.86. The van der Waals surface area contributed by atoms with E-state index in [2.05, 4.69) is 0 Å². The summed E-state index contributed by atoms with van der Waals surface area (Å²) >= 11 is 0. The molecule has 1 aliphatic heterocycles. The summed E-state index contributed by atoms with van der Waals surface area (Å²) in [6.45, 7) is -0.128. The first-order valence-electron chi connectivity index (χ1n) is 3.95. The normalized spacial score (nSPS) is 17.3. The number of cyclic esters (lactones) is 1. The van der Waals surface area contributed by atoms with E-state index in [4.69, 9.17) is 9.84 Å². The monoisotopic (exact) mass is 176 g/mol. The quantitative estimate of drug-likeness (QED) is 0.654. The van der Waals surface area contributed by atoms with Crippen LogP contribution in [-0.2, 0) is 4.74 Å². The number of rotatable bonds is 1. The molecule has 3 heteroatoms. The summed E-state index contributed by atoms with van der Waals surface area (Å²) in [5.41, 5.74) is 1.31. The highest BCUT2D eigenvalue weighted by Gasteiger charge is 2.24. The van der Waals surface area contributed by atoms with Gasteiger partial charge in [0.15, 0.2) is 0 Å². The summed E-state index contributed by atoms with van der Waals surface area (Å²) in [5, 5.41) is 8.67. The molecule has 3 nitrogen and oxygen atoms in total. The maximum atomic E-state index is 11.2. The second kappa shape index (κ2) is 3.03. The van der Waals surface area contributed by atoms with Gasteiger partial charge in [0.25, 0.3) is 0 Å². The van der Waals surface area contributed by atoms with Crippen LogP contribution in [0, 0.1) is 0 Å². The van der Waals surface area contributed by atoms with E-state index in [1.54, 1.807) is 18.2 Å². The molecule has 0 fully saturated rings. The number of fused-ring (bicyclic) bond motifs is 1. The Labute approximate surface area is 75.3 Å². The highest BCUT2D eigenvalue weighted by molar-refractivity contribution is 6.02. The SMILES string of the molecule is O=C1O/C(=C\CO)c2ccccc21. The molecular weight excluding hydrogens is 168 g/mol. The van der Waals surface area contributed by atoms with Crippen LogP contribution >= 0.6 is 0 Å². The van der Waals surface area contributed by atoms with Gasteiger partial charge >= 0.3 is 5.97 Å². The van der Waals surface area contributed by atoms with Crippen molar-refractivity contribution in [3.05, 3.63) is 41.5 Å². The molecule has 0 aromatic heterocycles. The van der Waals surface area contributed by atoms with Crippen LogP contribution in [0.25, 0.3) is 5.76 Å². The third-order valence-electron chi connectivity index (χ3n) is 1.89. The van der Waals surface area contributed by atoms with Crippen LogP contribution in [-0.4, -0.2) is 17.7 Å². The molecule has 0 radical (unpaired) electrons. The number of esters is 1. The number of carbonyl (C=O) groups is 1. The molecule has 0 amide bonds. The molecule has 66 valence electrons. The highest BCUT2D eigenvalue weighted by atomic mass is 16.5. The van der Waals surface area contributed by atoms with Crippen molar-refractivity contribution in [3.8, 4) is 0 Å². The molecule has 1 heterocycles. The zero-order chi connectivity index (χ0) is 9.26. The molecule has 0 spiro atoms. The number of aliphatic hydroxyl groups excluding tert-OH is 1. The van der Waals surface area contributed by atoms with Gasteiger partial charge in [-0.2, -0.15) is 0 Å². The van der Waals surface area contributed by atoms with Crippen LogP contribution in [0.15, 0.2) is 30.3 Å². The van der Waals surface area contributed by atoms with Gasteiger partial charge in [-0.05, 0) is 12.1 Å². The van der Waals surface area contributed by atoms with Crippen LogP contribution < -0.4 is 0 Å². The third-order valence-corrected chi connectivity index (χ3v) is 1.89. The summed E-state index contributed by atoms with van der Waals surface area (Å²) in [6, 6.07) is 7.10. The molecule has 0 bridgehead atoms. The van der Waals surface area contributed by atoms with Gasteiger partial charge in [-0.1, -0.05) is 18.2 Å². The second-order valence-corrected chi connectivity index (χ2v) is 2.69. The lowest BCUT2D eigenvalue weighted by atomic mass is 10.1. The fraction of sp³-hybridized carbons (Fsp3) is 0.100. The maximum Gasteiger partial charge on any atom is 0.344 e. The zero-order valence-corrected chi connectivity index (χ0v) is 6.86. The van der Waals surface area contributed by atoms with E-state index >= 15 is 0 Å². The van der Waals surface area contributed by atoms with Crippen molar-refractivity contribution in [2.45, 2.75) is 0 Å². The molecule has 13 heavy (non-hydrogen) atoms. The van der Waals surface area contributed by atoms with E-state index in [9.17, 15) is 4.79 Å². The average molecular weight is 176 g/mol. The predicted molar refractivity (Wildman–Crippen MR) is 46.9 cm³/mol. The highest BCUT2D eigenvalue weighted by Crippen LogP contribution is 2.28. The fourth-order valence-electron chi connectivity index (χ4n) is 1.32. The Morgan fingerprint density at radius 1 is 1.31 bits per heavy atom. The predicted octanol–water partition coefficient (Wildman–Crippen LogP) is 1.19. The molecule has 1 aromatic rings. The standard InChI is InChI=1S/C10H8O3/c11-6-5-9-7-3-1-2-4-8(7)10(12)13-9/h1-5,11H,6H2/b9-5-. The molecule has 0 saturated heterocycles. The van der Waals surface area contributed by atoms with Gasteiger partial charge in [-0.15, -0.1) is 0 Å². The first-order chi connectivity index (χ1) is 6.33. The summed E-state index contributed by atoms with van der Waals surface area (Å²) < 4.78 is 4.93. The van der Waals surface area contributed by atoms with Gasteiger partial charge in [0.05, 0.1) is 12.2 Å². The van der Waals surface area contributed by atoms with Crippen LogP contribution in [0.2, 0.25) is 0 Å². The molecule has 2 rings (SSSR count). The number of hydrogen-bond acceptors (Lipinski definition) is 3. The summed E-state index contributed by atoms with van der Waals surface area (Å²) in [5.74, 6) is 0.0957. The number of benzene rings is 1. The molecule has 1 aliphatic rings. The first kappa shape index (κ1) is 8.01. The molecule has 0 unspecified atom stereocenters. The number of carbonyl (C=O) groups excluding carboxylic acids is 1. The van der Waals surface area contributed by atoms with Crippen molar-refractivity contribution in [2.75, 3.05) is 6.61 Å². The van der Waals surface area contributed by atoms with Gasteiger partial charge < -0.3 is 9.84 Å². The smallest absolute Gasteiger partial charge is 0.344 e. The van der Waals surface area contributed by atoms with Crippen LogP contribution in [0.4, 0.5) is 0 Å². The molecule has 0 saturated carbocycles. The second-order valence-electron chi connectivity index (χ2n) is 2.69. The van der Waals surface area contributed by atoms with Crippen molar-refractivity contribution in [3.63, 3.8) is 0 Å². The van der Waals surface area contributed by atoms with Crippen LogP contribution in [0.1, 0.15) is 15.9 Å². The van der Waals surface area contributed by atoms with E-state index in [1.165, 1.54) is 6.08 Å². The topological polar surface area (TPSA) is 46.5 Å². The molecule has 0 atom stereocenters. The molecule has 1 N–H and O–H groups in total.